The van der Waals surface area contributed by atoms with E-state index in [4.69, 9.17) is 14.5 Å². The van der Waals surface area contributed by atoms with Crippen molar-refractivity contribution >= 4 is 23.5 Å². The third kappa shape index (κ3) is 4.64. The number of thioether (sulfide) groups is 1. The largest absolute Gasteiger partial charge is 0.436 e. The molecule has 40 heavy (non-hydrogen) atoms. The lowest BCUT2D eigenvalue weighted by molar-refractivity contribution is -0.116. The summed E-state index contributed by atoms with van der Waals surface area (Å²) in [6.45, 7) is 2.07. The van der Waals surface area contributed by atoms with Gasteiger partial charge in [-0.2, -0.15) is 4.98 Å². The number of anilines is 1. The highest BCUT2D eigenvalue weighted by Crippen LogP contribution is 2.41. The van der Waals surface area contributed by atoms with Crippen molar-refractivity contribution in [3.8, 4) is 22.8 Å². The molecule has 5 aromatic rings. The van der Waals surface area contributed by atoms with E-state index in [1.54, 1.807) is 18.0 Å². The Morgan fingerprint density at radius 1 is 0.975 bits per heavy atom. The van der Waals surface area contributed by atoms with Crippen molar-refractivity contribution in [3.05, 3.63) is 113 Å². The number of fused-ring (bicyclic) bond motifs is 1. The van der Waals surface area contributed by atoms with Gasteiger partial charge < -0.3 is 9.73 Å². The molecule has 7 nitrogen and oxygen atoms in total. The Kier molecular flexibility index (Phi) is 6.32. The number of hydrogen-bond acceptors (Lipinski definition) is 7. The van der Waals surface area contributed by atoms with E-state index in [1.165, 1.54) is 5.56 Å². The molecule has 2 aliphatic rings. The zero-order valence-corrected chi connectivity index (χ0v) is 22.8. The van der Waals surface area contributed by atoms with Crippen LogP contribution in [-0.4, -0.2) is 25.5 Å². The van der Waals surface area contributed by atoms with Gasteiger partial charge in [0.1, 0.15) is 6.04 Å². The zero-order chi connectivity index (χ0) is 27.1. The standard InChI is InChI=1S/C32H27N5O2S/c1-20-10-14-23(15-11-20)29-28-25(8-5-9-26(28)38)34-31-35-32(36-37(29)31)40-19-21-12-16-24(17-13-21)30-33-18-27(39-30)22-6-3-2-4-7-22/h2-4,6-7,10-18,29H,5,8-9,19H2,1H3,(H,34,35,36)/t29-/m0/s1. The third-order valence-corrected chi connectivity index (χ3v) is 8.28. The topological polar surface area (TPSA) is 85.8 Å². The molecule has 7 rings (SSSR count). The van der Waals surface area contributed by atoms with Gasteiger partial charge in [0.2, 0.25) is 17.0 Å². The van der Waals surface area contributed by atoms with Crippen LogP contribution in [0.5, 0.6) is 0 Å². The Morgan fingerprint density at radius 2 is 1.77 bits per heavy atom. The van der Waals surface area contributed by atoms with E-state index >= 15 is 0 Å². The fourth-order valence-corrected chi connectivity index (χ4v) is 6.07. The Morgan fingerprint density at radius 3 is 2.58 bits per heavy atom. The summed E-state index contributed by atoms with van der Waals surface area (Å²) >= 11 is 1.58. The van der Waals surface area contributed by atoms with Crippen LogP contribution in [0.15, 0.2) is 106 Å². The minimum atomic E-state index is -0.262. The van der Waals surface area contributed by atoms with Crippen molar-refractivity contribution in [2.45, 2.75) is 43.1 Å². The van der Waals surface area contributed by atoms with E-state index in [9.17, 15) is 4.79 Å². The summed E-state index contributed by atoms with van der Waals surface area (Å²) in [7, 11) is 0. The number of rotatable bonds is 6. The molecule has 0 unspecified atom stereocenters. The van der Waals surface area contributed by atoms with Gasteiger partial charge in [-0.1, -0.05) is 84.1 Å². The molecular weight excluding hydrogens is 518 g/mol. The van der Waals surface area contributed by atoms with Crippen LogP contribution in [0, 0.1) is 6.92 Å². The van der Waals surface area contributed by atoms with Crippen molar-refractivity contribution < 1.29 is 9.21 Å². The van der Waals surface area contributed by atoms with Crippen molar-refractivity contribution in [3.63, 3.8) is 0 Å². The second-order valence-corrected chi connectivity index (χ2v) is 11.1. The van der Waals surface area contributed by atoms with Gasteiger partial charge in [0.15, 0.2) is 11.5 Å². The fraction of sp³-hybridized carbons (Fsp3) is 0.188. The van der Waals surface area contributed by atoms with Gasteiger partial charge in [0, 0.05) is 34.6 Å². The molecule has 1 aliphatic heterocycles. The van der Waals surface area contributed by atoms with Crippen LogP contribution in [0.2, 0.25) is 0 Å². The average Bonchev–Trinajstić information content (AvgIpc) is 3.64. The molecule has 1 N–H and O–H groups in total. The lowest BCUT2D eigenvalue weighted by atomic mass is 9.85. The highest BCUT2D eigenvalue weighted by atomic mass is 32.2. The molecule has 0 spiro atoms. The number of Topliss-reactive ketones (excluding diaryl/α,β-unsaturated/α-hetero) is 1. The average molecular weight is 546 g/mol. The Hall–Kier alpha value is -4.43. The van der Waals surface area contributed by atoms with Crippen LogP contribution >= 0.6 is 11.8 Å². The minimum absolute atomic E-state index is 0.191. The second-order valence-electron chi connectivity index (χ2n) is 10.2. The molecule has 0 amide bonds. The van der Waals surface area contributed by atoms with Gasteiger partial charge in [-0.25, -0.2) is 9.67 Å². The SMILES string of the molecule is Cc1ccc([C@H]2C3=C(CCCC3=O)Nc3nc(SCc4ccc(-c5ncc(-c6ccccc6)o5)cc4)nn32)cc1. The number of benzene rings is 3. The molecule has 198 valence electrons. The molecule has 1 atom stereocenters. The first-order valence-corrected chi connectivity index (χ1v) is 14.4. The summed E-state index contributed by atoms with van der Waals surface area (Å²) in [5.41, 5.74) is 7.11. The maximum atomic E-state index is 13.0. The van der Waals surface area contributed by atoms with Gasteiger partial charge in [-0.15, -0.1) is 5.10 Å². The fourth-order valence-electron chi connectivity index (χ4n) is 5.29. The van der Waals surface area contributed by atoms with Crippen LogP contribution in [0.4, 0.5) is 5.95 Å². The van der Waals surface area contributed by atoms with Gasteiger partial charge in [0.25, 0.3) is 0 Å². The third-order valence-electron chi connectivity index (χ3n) is 7.37. The number of aromatic nitrogens is 4. The molecular formula is C32H27N5O2S. The minimum Gasteiger partial charge on any atom is -0.436 e. The monoisotopic (exact) mass is 545 g/mol. The highest BCUT2D eigenvalue weighted by molar-refractivity contribution is 7.98. The number of oxazole rings is 1. The summed E-state index contributed by atoms with van der Waals surface area (Å²) in [6.07, 6.45) is 4.05. The van der Waals surface area contributed by atoms with Gasteiger partial charge >= 0.3 is 0 Å². The number of hydrogen-bond donors (Lipinski definition) is 1. The molecule has 8 heteroatoms. The first-order chi connectivity index (χ1) is 19.6. The summed E-state index contributed by atoms with van der Waals surface area (Å²) in [4.78, 5) is 22.3. The first-order valence-electron chi connectivity index (χ1n) is 13.4. The lowest BCUT2D eigenvalue weighted by Gasteiger charge is -2.32. The van der Waals surface area contributed by atoms with Gasteiger partial charge in [-0.3, -0.25) is 4.79 Å². The normalized spacial score (nSPS) is 16.4. The first kappa shape index (κ1) is 24.6. The molecule has 3 aromatic carbocycles. The van der Waals surface area contributed by atoms with Crippen LogP contribution in [0.3, 0.4) is 0 Å². The molecule has 0 bridgehead atoms. The van der Waals surface area contributed by atoms with E-state index in [-0.39, 0.29) is 11.8 Å². The van der Waals surface area contributed by atoms with Crippen molar-refractivity contribution in [2.75, 3.05) is 5.32 Å². The molecule has 0 saturated carbocycles. The maximum Gasteiger partial charge on any atom is 0.227 e. The van der Waals surface area contributed by atoms with Crippen LogP contribution in [-0.2, 0) is 10.5 Å². The van der Waals surface area contributed by atoms with Gasteiger partial charge in [-0.05, 0) is 43.0 Å². The quantitative estimate of drug-likeness (QED) is 0.225. The molecule has 2 aromatic heterocycles. The van der Waals surface area contributed by atoms with E-state index in [0.717, 1.165) is 52.1 Å². The number of nitrogens with one attached hydrogen (secondary N) is 1. The smallest absolute Gasteiger partial charge is 0.227 e. The summed E-state index contributed by atoms with van der Waals surface area (Å²) in [6, 6.07) is 26.3. The molecule has 0 fully saturated rings. The van der Waals surface area contributed by atoms with Crippen molar-refractivity contribution in [2.24, 2.45) is 0 Å². The summed E-state index contributed by atoms with van der Waals surface area (Å²) < 4.78 is 7.88. The van der Waals surface area contributed by atoms with Gasteiger partial charge in [0.05, 0.1) is 6.20 Å². The number of ketones is 1. The predicted molar refractivity (Wildman–Crippen MR) is 156 cm³/mol. The van der Waals surface area contributed by atoms with E-state index in [0.29, 0.717) is 29.2 Å². The van der Waals surface area contributed by atoms with Crippen LogP contribution < -0.4 is 5.32 Å². The molecule has 0 saturated heterocycles. The number of carbonyl (C=O) groups is 1. The number of allylic oxidation sites excluding steroid dienone is 2. The highest BCUT2D eigenvalue weighted by Gasteiger charge is 2.36. The van der Waals surface area contributed by atoms with Crippen molar-refractivity contribution in [1.82, 2.24) is 19.7 Å². The number of nitrogens with zero attached hydrogens (tertiary/aromatic N) is 4. The molecule has 3 heterocycles. The summed E-state index contributed by atoms with van der Waals surface area (Å²) in [5, 5.41) is 8.96. The summed E-state index contributed by atoms with van der Waals surface area (Å²) in [5.74, 6) is 2.94. The zero-order valence-electron chi connectivity index (χ0n) is 22.0. The number of aryl methyl sites for hydroxylation is 1. The predicted octanol–water partition coefficient (Wildman–Crippen LogP) is 7.22. The van der Waals surface area contributed by atoms with Crippen molar-refractivity contribution in [1.29, 1.82) is 0 Å². The Bertz CT molecular complexity index is 1720. The molecule has 0 radical (unpaired) electrons. The Balaban J connectivity index is 1.09. The molecule has 1 aliphatic carbocycles. The van der Waals surface area contributed by atoms with E-state index in [1.807, 2.05) is 47.1 Å². The maximum absolute atomic E-state index is 13.0. The lowest BCUT2D eigenvalue weighted by Crippen LogP contribution is -2.31. The second kappa shape index (κ2) is 10.3. The van der Waals surface area contributed by atoms with E-state index < -0.39 is 0 Å². The Labute approximate surface area is 236 Å². The van der Waals surface area contributed by atoms with Crippen LogP contribution in [0.25, 0.3) is 22.8 Å². The van der Waals surface area contributed by atoms with Crippen LogP contribution in [0.1, 0.15) is 42.0 Å². The van der Waals surface area contributed by atoms with E-state index in [2.05, 4.69) is 53.6 Å². The number of carbonyl (C=O) groups excluding carboxylic acids is 1.